The molecule has 2 amide bonds. The molecule has 1 aliphatic heterocycles. The Morgan fingerprint density at radius 2 is 2.20 bits per heavy atom. The van der Waals surface area contributed by atoms with Crippen LogP contribution in [0.2, 0.25) is 5.02 Å². The number of anilines is 1. The van der Waals surface area contributed by atoms with Crippen LogP contribution in [-0.4, -0.2) is 30.3 Å². The Morgan fingerprint density at radius 1 is 1.40 bits per heavy atom. The van der Waals surface area contributed by atoms with E-state index in [1.54, 1.807) is 23.8 Å². The first-order chi connectivity index (χ1) is 12.0. The van der Waals surface area contributed by atoms with Gasteiger partial charge in [0.15, 0.2) is 0 Å². The quantitative estimate of drug-likeness (QED) is 0.675. The molecule has 1 fully saturated rings. The van der Waals surface area contributed by atoms with Crippen molar-refractivity contribution in [1.82, 2.24) is 4.90 Å². The van der Waals surface area contributed by atoms with Crippen LogP contribution in [0.1, 0.15) is 10.9 Å². The highest BCUT2D eigenvalue weighted by Crippen LogP contribution is 2.43. The Morgan fingerprint density at radius 3 is 2.92 bits per heavy atom. The summed E-state index contributed by atoms with van der Waals surface area (Å²) in [5.74, 6) is 1.02. The number of halogens is 3. The van der Waals surface area contributed by atoms with Crippen LogP contribution in [0.5, 0.6) is 5.75 Å². The van der Waals surface area contributed by atoms with Crippen molar-refractivity contribution in [3.8, 4) is 5.75 Å². The molecule has 0 radical (unpaired) electrons. The fraction of sp³-hybridized carbons (Fsp3) is 0.235. The minimum absolute atomic E-state index is 0.0289. The van der Waals surface area contributed by atoms with Crippen LogP contribution in [0, 0.1) is 5.82 Å². The molecule has 1 heterocycles. The van der Waals surface area contributed by atoms with Crippen molar-refractivity contribution in [2.75, 3.05) is 24.7 Å². The number of methoxy groups -OCH3 is 1. The largest absolute Gasteiger partial charge is 0.496 e. The van der Waals surface area contributed by atoms with Crippen LogP contribution in [-0.2, 0) is 0 Å². The van der Waals surface area contributed by atoms with Gasteiger partial charge in [0.25, 0.3) is 0 Å². The molecule has 25 heavy (non-hydrogen) atoms. The maximum absolute atomic E-state index is 13.3. The van der Waals surface area contributed by atoms with Gasteiger partial charge in [-0.15, -0.1) is 11.8 Å². The van der Waals surface area contributed by atoms with Crippen LogP contribution >= 0.6 is 39.3 Å². The van der Waals surface area contributed by atoms with Gasteiger partial charge in [0.1, 0.15) is 16.9 Å². The van der Waals surface area contributed by atoms with E-state index in [9.17, 15) is 9.18 Å². The van der Waals surface area contributed by atoms with Crippen molar-refractivity contribution < 1.29 is 13.9 Å². The van der Waals surface area contributed by atoms with Crippen LogP contribution in [0.4, 0.5) is 14.9 Å². The molecule has 0 saturated carbocycles. The molecule has 8 heteroatoms. The fourth-order valence-corrected chi connectivity index (χ4v) is 4.43. The molecule has 1 unspecified atom stereocenters. The highest BCUT2D eigenvalue weighted by atomic mass is 79.9. The summed E-state index contributed by atoms with van der Waals surface area (Å²) in [5, 5.41) is 2.58. The predicted molar refractivity (Wildman–Crippen MR) is 103 cm³/mol. The van der Waals surface area contributed by atoms with Crippen molar-refractivity contribution in [2.24, 2.45) is 0 Å². The van der Waals surface area contributed by atoms with E-state index in [1.165, 1.54) is 18.2 Å². The lowest BCUT2D eigenvalue weighted by Gasteiger charge is -2.26. The monoisotopic (exact) mass is 444 g/mol. The summed E-state index contributed by atoms with van der Waals surface area (Å²) in [6.45, 7) is 0.603. The summed E-state index contributed by atoms with van der Waals surface area (Å²) in [5.41, 5.74) is 1.37. The summed E-state index contributed by atoms with van der Waals surface area (Å²) >= 11 is 10.9. The second kappa shape index (κ2) is 7.85. The Balaban J connectivity index is 1.82. The number of rotatable bonds is 3. The van der Waals surface area contributed by atoms with Gasteiger partial charge in [-0.1, -0.05) is 27.5 Å². The van der Waals surface area contributed by atoms with Crippen LogP contribution in [0.15, 0.2) is 40.9 Å². The van der Waals surface area contributed by atoms with E-state index in [-0.39, 0.29) is 16.4 Å². The number of nitrogens with zero attached hydrogens (tertiary/aromatic N) is 1. The second-order valence-electron chi connectivity index (χ2n) is 5.36. The highest BCUT2D eigenvalue weighted by Gasteiger charge is 2.32. The number of carbonyl (C=O) groups excluding carboxylic acids is 1. The lowest BCUT2D eigenvalue weighted by Crippen LogP contribution is -2.34. The molecule has 2 aromatic carbocycles. The first kappa shape index (κ1) is 18.4. The highest BCUT2D eigenvalue weighted by molar-refractivity contribution is 9.10. The van der Waals surface area contributed by atoms with Gasteiger partial charge in [-0.3, -0.25) is 0 Å². The normalized spacial score (nSPS) is 16.8. The molecule has 1 saturated heterocycles. The maximum atomic E-state index is 13.3. The van der Waals surface area contributed by atoms with Crippen LogP contribution < -0.4 is 10.1 Å². The average molecular weight is 446 g/mol. The third kappa shape index (κ3) is 4.04. The molecular weight excluding hydrogens is 431 g/mol. The second-order valence-corrected chi connectivity index (χ2v) is 7.87. The Labute approximate surface area is 162 Å². The number of urea groups is 1. The topological polar surface area (TPSA) is 41.6 Å². The lowest BCUT2D eigenvalue weighted by atomic mass is 10.2. The van der Waals surface area contributed by atoms with E-state index in [4.69, 9.17) is 16.3 Å². The van der Waals surface area contributed by atoms with Crippen molar-refractivity contribution in [3.63, 3.8) is 0 Å². The van der Waals surface area contributed by atoms with Crippen molar-refractivity contribution >= 4 is 51.0 Å². The fourth-order valence-electron chi connectivity index (χ4n) is 2.60. The molecule has 1 N–H and O–H groups in total. The van der Waals surface area contributed by atoms with Gasteiger partial charge in [-0.05, 0) is 36.4 Å². The third-order valence-electron chi connectivity index (χ3n) is 3.78. The van der Waals surface area contributed by atoms with Gasteiger partial charge in [-0.2, -0.15) is 0 Å². The SMILES string of the molecule is COc1ccc(Br)cc1C1SCCN1C(=O)Nc1ccc(F)c(Cl)c1. The number of carbonyl (C=O) groups is 1. The number of hydrogen-bond acceptors (Lipinski definition) is 3. The van der Waals surface area contributed by atoms with E-state index < -0.39 is 5.82 Å². The van der Waals surface area contributed by atoms with E-state index in [0.717, 1.165) is 21.5 Å². The summed E-state index contributed by atoms with van der Waals surface area (Å²) in [7, 11) is 1.61. The smallest absolute Gasteiger partial charge is 0.323 e. The summed E-state index contributed by atoms with van der Waals surface area (Å²) in [6.07, 6.45) is 0. The van der Waals surface area contributed by atoms with E-state index in [2.05, 4.69) is 21.2 Å². The number of nitrogens with one attached hydrogen (secondary N) is 1. The zero-order chi connectivity index (χ0) is 18.0. The Hall–Kier alpha value is -1.44. The molecular formula is C17H15BrClFN2O2S. The lowest BCUT2D eigenvalue weighted by molar-refractivity contribution is 0.213. The van der Waals surface area contributed by atoms with E-state index in [1.807, 2.05) is 18.2 Å². The number of benzene rings is 2. The van der Waals surface area contributed by atoms with Gasteiger partial charge >= 0.3 is 6.03 Å². The Bertz CT molecular complexity index is 808. The summed E-state index contributed by atoms with van der Waals surface area (Å²) in [4.78, 5) is 14.4. The standard InChI is InChI=1S/C17H15BrClFN2O2S/c1-24-15-5-2-10(18)8-12(15)16-22(6-7-25-16)17(23)21-11-3-4-14(20)13(19)9-11/h2-5,8-9,16H,6-7H2,1H3,(H,21,23). The minimum Gasteiger partial charge on any atom is -0.496 e. The number of ether oxygens (including phenoxy) is 1. The molecule has 3 rings (SSSR count). The van der Waals surface area contributed by atoms with E-state index >= 15 is 0 Å². The first-order valence-electron chi connectivity index (χ1n) is 7.47. The zero-order valence-corrected chi connectivity index (χ0v) is 16.4. The van der Waals surface area contributed by atoms with Gasteiger partial charge < -0.3 is 15.0 Å². The third-order valence-corrected chi connectivity index (χ3v) is 5.81. The first-order valence-corrected chi connectivity index (χ1v) is 9.69. The Kier molecular flexibility index (Phi) is 5.76. The average Bonchev–Trinajstić information content (AvgIpc) is 3.08. The van der Waals surface area contributed by atoms with Crippen molar-refractivity contribution in [3.05, 3.63) is 57.3 Å². The molecule has 4 nitrogen and oxygen atoms in total. The molecule has 0 spiro atoms. The van der Waals surface area contributed by atoms with Crippen LogP contribution in [0.25, 0.3) is 0 Å². The van der Waals surface area contributed by atoms with Crippen LogP contribution in [0.3, 0.4) is 0 Å². The predicted octanol–water partition coefficient (Wildman–Crippen LogP) is 5.53. The molecule has 0 aromatic heterocycles. The number of hydrogen-bond donors (Lipinski definition) is 1. The molecule has 2 aromatic rings. The number of thioether (sulfide) groups is 1. The summed E-state index contributed by atoms with van der Waals surface area (Å²) < 4.78 is 19.6. The molecule has 0 aliphatic carbocycles. The van der Waals surface area contributed by atoms with Gasteiger partial charge in [0, 0.05) is 28.0 Å². The van der Waals surface area contributed by atoms with Gasteiger partial charge in [0.05, 0.1) is 12.1 Å². The van der Waals surface area contributed by atoms with Gasteiger partial charge in [-0.25, -0.2) is 9.18 Å². The molecule has 1 aliphatic rings. The van der Waals surface area contributed by atoms with Gasteiger partial charge in [0.2, 0.25) is 0 Å². The number of amides is 2. The van der Waals surface area contributed by atoms with Crippen molar-refractivity contribution in [1.29, 1.82) is 0 Å². The molecule has 0 bridgehead atoms. The molecule has 132 valence electrons. The minimum atomic E-state index is -0.520. The summed E-state index contributed by atoms with van der Waals surface area (Å²) in [6, 6.07) is 9.56. The van der Waals surface area contributed by atoms with E-state index in [0.29, 0.717) is 12.2 Å². The van der Waals surface area contributed by atoms with Crippen molar-refractivity contribution in [2.45, 2.75) is 5.37 Å². The molecule has 1 atom stereocenters. The zero-order valence-electron chi connectivity index (χ0n) is 13.3. The maximum Gasteiger partial charge on any atom is 0.323 e.